The van der Waals surface area contributed by atoms with E-state index >= 15 is 0 Å². The number of pyridine rings is 1. The molecule has 2 N–H and O–H groups in total. The van der Waals surface area contributed by atoms with E-state index in [1.807, 2.05) is 19.1 Å². The van der Waals surface area contributed by atoms with Crippen molar-refractivity contribution in [2.75, 3.05) is 25.0 Å². The summed E-state index contributed by atoms with van der Waals surface area (Å²) in [5.41, 5.74) is 0.906. The van der Waals surface area contributed by atoms with Gasteiger partial charge in [0, 0.05) is 26.2 Å². The van der Waals surface area contributed by atoms with E-state index in [4.69, 9.17) is 11.6 Å². The maximum atomic E-state index is 9.75. The SMILES string of the molecule is CCNc1ccc(Cl)c(CN2CCC(O)C(C)C2)n1. The zero-order valence-corrected chi connectivity index (χ0v) is 12.3. The van der Waals surface area contributed by atoms with Gasteiger partial charge in [0.1, 0.15) is 5.82 Å². The summed E-state index contributed by atoms with van der Waals surface area (Å²) in [5, 5.41) is 13.7. The quantitative estimate of drug-likeness (QED) is 0.891. The van der Waals surface area contributed by atoms with Crippen molar-refractivity contribution in [3.05, 3.63) is 22.8 Å². The van der Waals surface area contributed by atoms with Gasteiger partial charge in [-0.25, -0.2) is 4.98 Å². The Labute approximate surface area is 119 Å². The summed E-state index contributed by atoms with van der Waals surface area (Å²) < 4.78 is 0. The lowest BCUT2D eigenvalue weighted by atomic mass is 9.97. The lowest BCUT2D eigenvalue weighted by Gasteiger charge is -2.34. The third kappa shape index (κ3) is 3.81. The Morgan fingerprint density at radius 1 is 1.53 bits per heavy atom. The Morgan fingerprint density at radius 2 is 2.32 bits per heavy atom. The number of aliphatic hydroxyl groups is 1. The van der Waals surface area contributed by atoms with E-state index in [2.05, 4.69) is 22.1 Å². The molecule has 2 atom stereocenters. The second kappa shape index (κ2) is 6.55. The molecular formula is C14H22ClN3O. The number of halogens is 1. The summed E-state index contributed by atoms with van der Waals surface area (Å²) in [4.78, 5) is 6.86. The van der Waals surface area contributed by atoms with Crippen LogP contribution in [0.25, 0.3) is 0 Å². The highest BCUT2D eigenvalue weighted by atomic mass is 35.5. The monoisotopic (exact) mass is 283 g/mol. The molecule has 19 heavy (non-hydrogen) atoms. The number of nitrogens with zero attached hydrogens (tertiary/aromatic N) is 2. The fourth-order valence-corrected chi connectivity index (χ4v) is 2.61. The molecule has 1 aromatic heterocycles. The van der Waals surface area contributed by atoms with Gasteiger partial charge in [-0.3, -0.25) is 4.90 Å². The minimum Gasteiger partial charge on any atom is -0.393 e. The second-order valence-electron chi connectivity index (χ2n) is 5.22. The summed E-state index contributed by atoms with van der Waals surface area (Å²) >= 11 is 6.21. The second-order valence-corrected chi connectivity index (χ2v) is 5.63. The average molecular weight is 284 g/mol. The van der Waals surface area contributed by atoms with E-state index in [0.717, 1.165) is 44.1 Å². The van der Waals surface area contributed by atoms with Gasteiger partial charge in [-0.1, -0.05) is 18.5 Å². The first-order valence-electron chi connectivity index (χ1n) is 6.90. The zero-order valence-electron chi connectivity index (χ0n) is 11.6. The minimum atomic E-state index is -0.173. The fourth-order valence-electron chi connectivity index (χ4n) is 2.45. The molecule has 2 rings (SSSR count). The number of piperidine rings is 1. The molecule has 0 aromatic carbocycles. The standard InChI is InChI=1S/C14H22ClN3O/c1-3-16-14-5-4-11(15)12(17-14)9-18-7-6-13(19)10(2)8-18/h4-5,10,13,19H,3,6-9H2,1-2H3,(H,16,17). The Morgan fingerprint density at radius 3 is 3.00 bits per heavy atom. The van der Waals surface area contributed by atoms with Crippen molar-refractivity contribution in [3.63, 3.8) is 0 Å². The van der Waals surface area contributed by atoms with Crippen LogP contribution in [0.4, 0.5) is 5.82 Å². The number of aromatic nitrogens is 1. The molecule has 2 unspecified atom stereocenters. The zero-order chi connectivity index (χ0) is 13.8. The van der Waals surface area contributed by atoms with E-state index in [1.54, 1.807) is 0 Å². The van der Waals surface area contributed by atoms with Crippen LogP contribution in [0, 0.1) is 5.92 Å². The number of nitrogens with one attached hydrogen (secondary N) is 1. The van der Waals surface area contributed by atoms with Crippen molar-refractivity contribution in [2.45, 2.75) is 32.9 Å². The van der Waals surface area contributed by atoms with E-state index in [0.29, 0.717) is 10.9 Å². The first-order chi connectivity index (χ1) is 9.10. The van der Waals surface area contributed by atoms with Gasteiger partial charge in [-0.05, 0) is 31.4 Å². The summed E-state index contributed by atoms with van der Waals surface area (Å²) in [7, 11) is 0. The van der Waals surface area contributed by atoms with E-state index in [1.165, 1.54) is 0 Å². The highest BCUT2D eigenvalue weighted by Crippen LogP contribution is 2.22. The number of likely N-dealkylation sites (tertiary alicyclic amines) is 1. The van der Waals surface area contributed by atoms with E-state index in [9.17, 15) is 5.11 Å². The molecule has 0 spiro atoms. The summed E-state index contributed by atoms with van der Waals surface area (Å²) in [6, 6.07) is 3.79. The molecule has 0 saturated carbocycles. The summed E-state index contributed by atoms with van der Waals surface area (Å²) in [6.07, 6.45) is 0.652. The van der Waals surface area contributed by atoms with Crippen LogP contribution in [0.15, 0.2) is 12.1 Å². The van der Waals surface area contributed by atoms with Crippen LogP contribution in [0.5, 0.6) is 0 Å². The van der Waals surface area contributed by atoms with Gasteiger partial charge in [-0.2, -0.15) is 0 Å². The molecule has 1 aromatic rings. The van der Waals surface area contributed by atoms with E-state index < -0.39 is 0 Å². The molecule has 106 valence electrons. The molecule has 0 amide bonds. The molecule has 1 saturated heterocycles. The van der Waals surface area contributed by atoms with Crippen LogP contribution in [0.1, 0.15) is 26.0 Å². The predicted octanol–water partition coefficient (Wildman–Crippen LogP) is 2.37. The average Bonchev–Trinajstić information content (AvgIpc) is 2.38. The molecule has 0 radical (unpaired) electrons. The van der Waals surface area contributed by atoms with Crippen LogP contribution in [-0.2, 0) is 6.54 Å². The summed E-state index contributed by atoms with van der Waals surface area (Å²) in [6.45, 7) is 7.51. The van der Waals surface area contributed by atoms with Crippen molar-refractivity contribution in [1.29, 1.82) is 0 Å². The number of rotatable bonds is 4. The smallest absolute Gasteiger partial charge is 0.126 e. The Balaban J connectivity index is 2.04. The van der Waals surface area contributed by atoms with Crippen LogP contribution in [-0.4, -0.2) is 40.7 Å². The van der Waals surface area contributed by atoms with Crippen LogP contribution >= 0.6 is 11.6 Å². The molecular weight excluding hydrogens is 262 g/mol. The molecule has 1 fully saturated rings. The first kappa shape index (κ1) is 14.6. The molecule has 0 aliphatic carbocycles. The third-order valence-corrected chi connectivity index (χ3v) is 3.94. The van der Waals surface area contributed by atoms with Crippen LogP contribution in [0.3, 0.4) is 0 Å². The molecule has 1 aliphatic rings. The molecule has 5 heteroatoms. The van der Waals surface area contributed by atoms with Gasteiger partial charge in [0.25, 0.3) is 0 Å². The topological polar surface area (TPSA) is 48.4 Å². The minimum absolute atomic E-state index is 0.173. The lowest BCUT2D eigenvalue weighted by molar-refractivity contribution is 0.0316. The van der Waals surface area contributed by atoms with Gasteiger partial charge < -0.3 is 10.4 Å². The number of aliphatic hydroxyl groups excluding tert-OH is 1. The fraction of sp³-hybridized carbons (Fsp3) is 0.643. The molecule has 0 bridgehead atoms. The highest BCUT2D eigenvalue weighted by Gasteiger charge is 2.24. The van der Waals surface area contributed by atoms with Crippen molar-refractivity contribution in [3.8, 4) is 0 Å². The van der Waals surface area contributed by atoms with Gasteiger partial charge in [0.05, 0.1) is 16.8 Å². The predicted molar refractivity (Wildman–Crippen MR) is 78.5 cm³/mol. The van der Waals surface area contributed by atoms with Crippen LogP contribution < -0.4 is 5.32 Å². The normalized spacial score (nSPS) is 24.4. The maximum absolute atomic E-state index is 9.75. The van der Waals surface area contributed by atoms with Crippen molar-refractivity contribution >= 4 is 17.4 Å². The third-order valence-electron chi connectivity index (χ3n) is 3.59. The summed E-state index contributed by atoms with van der Waals surface area (Å²) in [5.74, 6) is 1.18. The molecule has 4 nitrogen and oxygen atoms in total. The van der Waals surface area contributed by atoms with Gasteiger partial charge >= 0.3 is 0 Å². The Hall–Kier alpha value is -0.840. The number of hydrogen-bond donors (Lipinski definition) is 2. The van der Waals surface area contributed by atoms with Gasteiger partial charge in [0.15, 0.2) is 0 Å². The number of anilines is 1. The van der Waals surface area contributed by atoms with Crippen LogP contribution in [0.2, 0.25) is 5.02 Å². The highest BCUT2D eigenvalue weighted by molar-refractivity contribution is 6.31. The van der Waals surface area contributed by atoms with Crippen molar-refractivity contribution in [1.82, 2.24) is 9.88 Å². The Kier molecular flexibility index (Phi) is 5.02. The molecule has 2 heterocycles. The van der Waals surface area contributed by atoms with Gasteiger partial charge in [0.2, 0.25) is 0 Å². The van der Waals surface area contributed by atoms with Crippen molar-refractivity contribution < 1.29 is 5.11 Å². The Bertz CT molecular complexity index is 427. The van der Waals surface area contributed by atoms with E-state index in [-0.39, 0.29) is 6.10 Å². The molecule has 1 aliphatic heterocycles. The first-order valence-corrected chi connectivity index (χ1v) is 7.27. The lowest BCUT2D eigenvalue weighted by Crippen LogP contribution is -2.41. The number of hydrogen-bond acceptors (Lipinski definition) is 4. The largest absolute Gasteiger partial charge is 0.393 e. The maximum Gasteiger partial charge on any atom is 0.126 e. The van der Waals surface area contributed by atoms with Gasteiger partial charge in [-0.15, -0.1) is 0 Å². The van der Waals surface area contributed by atoms with Crippen molar-refractivity contribution in [2.24, 2.45) is 5.92 Å².